The van der Waals surface area contributed by atoms with Gasteiger partial charge in [-0.25, -0.2) is 0 Å². The predicted molar refractivity (Wildman–Crippen MR) is 108 cm³/mol. The fraction of sp³-hybridized carbons (Fsp3) is 0.136. The SMILES string of the molecule is COc1ccc(C(=O)NCCNC(=O)c2ccc(Oc3cccnc3)cc2)cc1. The largest absolute Gasteiger partial charge is 0.497 e. The van der Waals surface area contributed by atoms with E-state index in [0.29, 0.717) is 41.5 Å². The van der Waals surface area contributed by atoms with Crippen molar-refractivity contribution < 1.29 is 19.1 Å². The van der Waals surface area contributed by atoms with Crippen LogP contribution in [-0.4, -0.2) is 37.0 Å². The van der Waals surface area contributed by atoms with Gasteiger partial charge in [0.2, 0.25) is 0 Å². The molecule has 0 aliphatic heterocycles. The minimum Gasteiger partial charge on any atom is -0.497 e. The molecule has 7 nitrogen and oxygen atoms in total. The van der Waals surface area contributed by atoms with Crippen LogP contribution in [0.4, 0.5) is 0 Å². The summed E-state index contributed by atoms with van der Waals surface area (Å²) in [5.74, 6) is 1.49. The van der Waals surface area contributed by atoms with Gasteiger partial charge in [-0.1, -0.05) is 0 Å². The maximum atomic E-state index is 12.2. The van der Waals surface area contributed by atoms with Crippen molar-refractivity contribution >= 4 is 11.8 Å². The Morgan fingerprint density at radius 1 is 0.793 bits per heavy atom. The first-order chi connectivity index (χ1) is 14.2. The highest BCUT2D eigenvalue weighted by molar-refractivity contribution is 5.95. The molecule has 3 aromatic rings. The van der Waals surface area contributed by atoms with E-state index in [9.17, 15) is 9.59 Å². The van der Waals surface area contributed by atoms with Crippen molar-refractivity contribution in [1.29, 1.82) is 0 Å². The standard InChI is InChI=1S/C22H21N3O4/c1-28-18-8-4-16(5-9-18)21(26)24-13-14-25-22(27)17-6-10-19(11-7-17)29-20-3-2-12-23-15-20/h2-12,15H,13-14H2,1H3,(H,24,26)(H,25,27). The molecular formula is C22H21N3O4. The molecule has 0 unspecified atom stereocenters. The van der Waals surface area contributed by atoms with Gasteiger partial charge in [-0.3, -0.25) is 14.6 Å². The van der Waals surface area contributed by atoms with Crippen molar-refractivity contribution in [1.82, 2.24) is 15.6 Å². The third-order valence-electron chi connectivity index (χ3n) is 4.03. The zero-order valence-electron chi connectivity index (χ0n) is 15.9. The number of ether oxygens (including phenoxy) is 2. The number of benzene rings is 2. The van der Waals surface area contributed by atoms with Gasteiger partial charge >= 0.3 is 0 Å². The minimum absolute atomic E-state index is 0.209. The lowest BCUT2D eigenvalue weighted by molar-refractivity contribution is 0.0927. The number of rotatable bonds is 8. The Hall–Kier alpha value is -3.87. The number of nitrogens with zero attached hydrogens (tertiary/aromatic N) is 1. The molecule has 0 saturated carbocycles. The van der Waals surface area contributed by atoms with E-state index in [2.05, 4.69) is 15.6 Å². The van der Waals surface area contributed by atoms with Crippen LogP contribution in [0.5, 0.6) is 17.2 Å². The Balaban J connectivity index is 1.42. The Morgan fingerprint density at radius 2 is 1.34 bits per heavy atom. The molecule has 148 valence electrons. The van der Waals surface area contributed by atoms with Crippen LogP contribution in [0.25, 0.3) is 0 Å². The number of carbonyl (C=O) groups is 2. The Bertz CT molecular complexity index is 942. The summed E-state index contributed by atoms with van der Waals surface area (Å²) >= 11 is 0. The number of nitrogens with one attached hydrogen (secondary N) is 2. The third-order valence-corrected chi connectivity index (χ3v) is 4.03. The summed E-state index contributed by atoms with van der Waals surface area (Å²) < 4.78 is 10.7. The summed E-state index contributed by atoms with van der Waals surface area (Å²) in [7, 11) is 1.57. The zero-order valence-corrected chi connectivity index (χ0v) is 15.9. The predicted octanol–water partition coefficient (Wildman–Crippen LogP) is 3.04. The second kappa shape index (κ2) is 9.89. The summed E-state index contributed by atoms with van der Waals surface area (Å²) in [6, 6.07) is 17.2. The smallest absolute Gasteiger partial charge is 0.251 e. The molecule has 2 N–H and O–H groups in total. The molecule has 0 atom stereocenters. The molecule has 2 amide bonds. The molecule has 7 heteroatoms. The van der Waals surface area contributed by atoms with Gasteiger partial charge in [0.1, 0.15) is 17.2 Å². The Kier molecular flexibility index (Phi) is 6.78. The second-order valence-corrected chi connectivity index (χ2v) is 6.06. The van der Waals surface area contributed by atoms with E-state index in [-0.39, 0.29) is 11.8 Å². The molecule has 3 rings (SSSR count). The minimum atomic E-state index is -0.225. The molecule has 0 radical (unpaired) electrons. The van der Waals surface area contributed by atoms with Gasteiger partial charge in [-0.05, 0) is 60.7 Å². The van der Waals surface area contributed by atoms with Crippen molar-refractivity contribution in [3.05, 3.63) is 84.2 Å². The molecule has 0 fully saturated rings. The fourth-order valence-electron chi connectivity index (χ4n) is 2.52. The van der Waals surface area contributed by atoms with E-state index in [1.54, 1.807) is 80.2 Å². The van der Waals surface area contributed by atoms with E-state index in [0.717, 1.165) is 0 Å². The average Bonchev–Trinajstić information content (AvgIpc) is 2.77. The lowest BCUT2D eigenvalue weighted by Gasteiger charge is -2.09. The molecule has 1 heterocycles. The highest BCUT2D eigenvalue weighted by atomic mass is 16.5. The van der Waals surface area contributed by atoms with E-state index in [1.165, 1.54) is 0 Å². The maximum Gasteiger partial charge on any atom is 0.251 e. The summed E-state index contributed by atoms with van der Waals surface area (Å²) in [5.41, 5.74) is 1.03. The highest BCUT2D eigenvalue weighted by Gasteiger charge is 2.07. The van der Waals surface area contributed by atoms with Crippen LogP contribution in [0.3, 0.4) is 0 Å². The lowest BCUT2D eigenvalue weighted by atomic mass is 10.2. The van der Waals surface area contributed by atoms with Crippen molar-refractivity contribution in [2.75, 3.05) is 20.2 Å². The Morgan fingerprint density at radius 3 is 1.83 bits per heavy atom. The number of aromatic nitrogens is 1. The van der Waals surface area contributed by atoms with Gasteiger partial charge in [0.05, 0.1) is 13.3 Å². The molecule has 29 heavy (non-hydrogen) atoms. The molecule has 0 saturated heterocycles. The highest BCUT2D eigenvalue weighted by Crippen LogP contribution is 2.20. The number of amides is 2. The summed E-state index contributed by atoms with van der Waals surface area (Å²) in [4.78, 5) is 28.3. The molecule has 0 spiro atoms. The molecular weight excluding hydrogens is 370 g/mol. The number of pyridine rings is 1. The van der Waals surface area contributed by atoms with Gasteiger partial charge in [0.25, 0.3) is 11.8 Å². The van der Waals surface area contributed by atoms with Crippen LogP contribution in [0.1, 0.15) is 20.7 Å². The van der Waals surface area contributed by atoms with Gasteiger partial charge in [-0.15, -0.1) is 0 Å². The van der Waals surface area contributed by atoms with Crippen molar-refractivity contribution in [3.8, 4) is 17.2 Å². The molecule has 0 aliphatic carbocycles. The first kappa shape index (κ1) is 19.9. The number of hydrogen-bond donors (Lipinski definition) is 2. The van der Waals surface area contributed by atoms with Crippen molar-refractivity contribution in [2.45, 2.75) is 0 Å². The van der Waals surface area contributed by atoms with Crippen molar-refractivity contribution in [2.24, 2.45) is 0 Å². The number of methoxy groups -OCH3 is 1. The van der Waals surface area contributed by atoms with E-state index < -0.39 is 0 Å². The van der Waals surface area contributed by atoms with Crippen LogP contribution in [0.2, 0.25) is 0 Å². The molecule has 1 aromatic heterocycles. The van der Waals surface area contributed by atoms with E-state index >= 15 is 0 Å². The van der Waals surface area contributed by atoms with E-state index in [1.807, 2.05) is 0 Å². The summed E-state index contributed by atoms with van der Waals surface area (Å²) in [5, 5.41) is 5.53. The summed E-state index contributed by atoms with van der Waals surface area (Å²) in [6.07, 6.45) is 3.28. The lowest BCUT2D eigenvalue weighted by Crippen LogP contribution is -2.34. The molecule has 0 aliphatic rings. The van der Waals surface area contributed by atoms with Crippen LogP contribution in [-0.2, 0) is 0 Å². The van der Waals surface area contributed by atoms with Crippen molar-refractivity contribution in [3.63, 3.8) is 0 Å². The third kappa shape index (κ3) is 5.80. The van der Waals surface area contributed by atoms with Crippen LogP contribution >= 0.6 is 0 Å². The number of carbonyl (C=O) groups excluding carboxylic acids is 2. The summed E-state index contributed by atoms with van der Waals surface area (Å²) in [6.45, 7) is 0.632. The van der Waals surface area contributed by atoms with Gasteiger partial charge < -0.3 is 20.1 Å². The topological polar surface area (TPSA) is 89.6 Å². The first-order valence-corrected chi connectivity index (χ1v) is 9.04. The molecule has 2 aromatic carbocycles. The average molecular weight is 391 g/mol. The Labute approximate surface area is 168 Å². The molecule has 0 bridgehead atoms. The van der Waals surface area contributed by atoms with E-state index in [4.69, 9.17) is 9.47 Å². The van der Waals surface area contributed by atoms with Gasteiger partial charge in [-0.2, -0.15) is 0 Å². The number of hydrogen-bond acceptors (Lipinski definition) is 5. The fourth-order valence-corrected chi connectivity index (χ4v) is 2.52. The van der Waals surface area contributed by atoms with Crippen LogP contribution in [0.15, 0.2) is 73.1 Å². The normalized spacial score (nSPS) is 10.1. The maximum absolute atomic E-state index is 12.2. The second-order valence-electron chi connectivity index (χ2n) is 6.06. The van der Waals surface area contributed by atoms with Crippen LogP contribution < -0.4 is 20.1 Å². The van der Waals surface area contributed by atoms with Gasteiger partial charge in [0, 0.05) is 30.4 Å². The zero-order chi connectivity index (χ0) is 20.5. The van der Waals surface area contributed by atoms with Crippen LogP contribution in [0, 0.1) is 0 Å². The quantitative estimate of drug-likeness (QED) is 0.576. The van der Waals surface area contributed by atoms with Gasteiger partial charge in [0.15, 0.2) is 0 Å². The first-order valence-electron chi connectivity index (χ1n) is 9.04. The monoisotopic (exact) mass is 391 g/mol.